The van der Waals surface area contributed by atoms with Gasteiger partial charge in [-0.2, -0.15) is 5.10 Å². The monoisotopic (exact) mass is 387 g/mol. The number of carbonyl (C=O) groups is 2. The number of nitrogens with one attached hydrogen (secondary N) is 1. The molecule has 1 aromatic rings. The van der Waals surface area contributed by atoms with Crippen LogP contribution in [0.1, 0.15) is 12.0 Å². The highest BCUT2D eigenvalue weighted by Crippen LogP contribution is 2.28. The smallest absolute Gasteiger partial charge is 0.305 e. The molecule has 0 aliphatic carbocycles. The Hall–Kier alpha value is -2.69. The van der Waals surface area contributed by atoms with Gasteiger partial charge in [0.05, 0.1) is 19.7 Å². The Morgan fingerprint density at radius 1 is 1.46 bits per heavy atom. The standard InChI is InChI=1S/C15H15F2N3O5S/c1-24-10-4-8(2-3-9(10)25-7-12(16)17)6-18-20-15-19-14(23)11(26-15)5-13(21)22/h2-4,6,11-12H,5,7H2,1H3,(H,21,22)(H,19,20,23). The van der Waals surface area contributed by atoms with Crippen molar-refractivity contribution in [2.75, 3.05) is 13.7 Å². The van der Waals surface area contributed by atoms with Crippen LogP contribution in [0.3, 0.4) is 0 Å². The minimum absolute atomic E-state index is 0.173. The van der Waals surface area contributed by atoms with Crippen LogP contribution in [0.2, 0.25) is 0 Å². The third kappa shape index (κ3) is 5.69. The molecule has 140 valence electrons. The maximum Gasteiger partial charge on any atom is 0.305 e. The number of benzene rings is 1. The number of ether oxygens (including phenoxy) is 2. The first kappa shape index (κ1) is 19.6. The molecule has 1 fully saturated rings. The largest absolute Gasteiger partial charge is 0.493 e. The molecule has 1 aliphatic rings. The molecular weight excluding hydrogens is 372 g/mol. The average Bonchev–Trinajstić information content (AvgIpc) is 2.92. The van der Waals surface area contributed by atoms with Crippen molar-refractivity contribution >= 4 is 35.0 Å². The first-order chi connectivity index (χ1) is 12.4. The summed E-state index contributed by atoms with van der Waals surface area (Å²) >= 11 is 0.981. The van der Waals surface area contributed by atoms with Crippen LogP contribution >= 0.6 is 11.8 Å². The molecule has 0 radical (unpaired) electrons. The van der Waals surface area contributed by atoms with E-state index in [0.29, 0.717) is 5.56 Å². The number of amidine groups is 1. The number of carbonyl (C=O) groups excluding carboxylic acids is 1. The molecule has 1 heterocycles. The Labute approximate surface area is 151 Å². The first-order valence-electron chi connectivity index (χ1n) is 7.28. The summed E-state index contributed by atoms with van der Waals surface area (Å²) in [4.78, 5) is 22.2. The summed E-state index contributed by atoms with van der Waals surface area (Å²) in [7, 11) is 1.37. The molecule has 1 aliphatic heterocycles. The van der Waals surface area contributed by atoms with Crippen LogP contribution in [0, 0.1) is 0 Å². The predicted octanol–water partition coefficient (Wildman–Crippen LogP) is 1.74. The van der Waals surface area contributed by atoms with Gasteiger partial charge in [-0.3, -0.25) is 9.59 Å². The van der Waals surface area contributed by atoms with Gasteiger partial charge in [-0.1, -0.05) is 11.8 Å². The molecule has 0 bridgehead atoms. The van der Waals surface area contributed by atoms with Crippen LogP contribution in [0.25, 0.3) is 0 Å². The zero-order chi connectivity index (χ0) is 19.1. The van der Waals surface area contributed by atoms with Gasteiger partial charge in [0.1, 0.15) is 11.9 Å². The van der Waals surface area contributed by atoms with Crippen LogP contribution in [0.15, 0.2) is 28.4 Å². The van der Waals surface area contributed by atoms with E-state index < -0.39 is 30.2 Å². The normalized spacial score (nSPS) is 18.5. The topological polar surface area (TPSA) is 110 Å². The Bertz CT molecular complexity index is 742. The lowest BCUT2D eigenvalue weighted by Crippen LogP contribution is -2.26. The first-order valence-corrected chi connectivity index (χ1v) is 8.16. The number of carboxylic acids is 1. The summed E-state index contributed by atoms with van der Waals surface area (Å²) < 4.78 is 34.4. The van der Waals surface area contributed by atoms with Crippen LogP contribution in [-0.4, -0.2) is 53.8 Å². The summed E-state index contributed by atoms with van der Waals surface area (Å²) in [5.41, 5.74) is 0.562. The highest BCUT2D eigenvalue weighted by molar-refractivity contribution is 8.15. The number of nitrogens with zero attached hydrogens (tertiary/aromatic N) is 2. The number of carboxylic acid groups (broad SMARTS) is 1. The van der Waals surface area contributed by atoms with Gasteiger partial charge in [0.2, 0.25) is 5.91 Å². The molecule has 11 heteroatoms. The lowest BCUT2D eigenvalue weighted by Gasteiger charge is -2.10. The second-order valence-electron chi connectivity index (χ2n) is 4.96. The van der Waals surface area contributed by atoms with Gasteiger partial charge < -0.3 is 19.9 Å². The predicted molar refractivity (Wildman–Crippen MR) is 91.3 cm³/mol. The Kier molecular flexibility index (Phi) is 6.89. The van der Waals surface area contributed by atoms with Crippen molar-refractivity contribution in [1.82, 2.24) is 5.32 Å². The van der Waals surface area contributed by atoms with Crippen molar-refractivity contribution in [3.05, 3.63) is 23.8 Å². The SMILES string of the molecule is COc1cc(C=NN=C2NC(=O)C(CC(=O)O)S2)ccc1OCC(F)F. The fourth-order valence-electron chi connectivity index (χ4n) is 1.93. The lowest BCUT2D eigenvalue weighted by molar-refractivity contribution is -0.138. The van der Waals surface area contributed by atoms with E-state index >= 15 is 0 Å². The van der Waals surface area contributed by atoms with Gasteiger partial charge >= 0.3 is 5.97 Å². The number of thioether (sulfide) groups is 1. The fraction of sp³-hybridized carbons (Fsp3) is 0.333. The lowest BCUT2D eigenvalue weighted by atomic mass is 10.2. The van der Waals surface area contributed by atoms with Gasteiger partial charge in [-0.05, 0) is 23.8 Å². The van der Waals surface area contributed by atoms with Crippen LogP contribution < -0.4 is 14.8 Å². The minimum Gasteiger partial charge on any atom is -0.493 e. The molecule has 8 nitrogen and oxygen atoms in total. The zero-order valence-electron chi connectivity index (χ0n) is 13.5. The molecule has 26 heavy (non-hydrogen) atoms. The van der Waals surface area contributed by atoms with E-state index in [1.807, 2.05) is 0 Å². The van der Waals surface area contributed by atoms with E-state index in [1.54, 1.807) is 6.07 Å². The highest BCUT2D eigenvalue weighted by atomic mass is 32.2. The van der Waals surface area contributed by atoms with Gasteiger partial charge in [0.15, 0.2) is 16.7 Å². The van der Waals surface area contributed by atoms with E-state index in [0.717, 1.165) is 11.8 Å². The number of aliphatic carboxylic acids is 1. The van der Waals surface area contributed by atoms with Gasteiger partial charge in [0, 0.05) is 0 Å². The van der Waals surface area contributed by atoms with Crippen molar-refractivity contribution < 1.29 is 33.0 Å². The summed E-state index contributed by atoms with van der Waals surface area (Å²) in [5.74, 6) is -1.09. The molecule has 1 amide bonds. The minimum atomic E-state index is -2.60. The summed E-state index contributed by atoms with van der Waals surface area (Å²) in [6, 6.07) is 4.56. The molecule has 2 rings (SSSR count). The average molecular weight is 387 g/mol. The van der Waals surface area contributed by atoms with E-state index in [4.69, 9.17) is 14.6 Å². The number of rotatable bonds is 8. The second kappa shape index (κ2) is 9.13. The maximum absolute atomic E-state index is 12.2. The van der Waals surface area contributed by atoms with Crippen LogP contribution in [0.4, 0.5) is 8.78 Å². The zero-order valence-corrected chi connectivity index (χ0v) is 14.3. The van der Waals surface area contributed by atoms with Crippen molar-refractivity contribution in [2.45, 2.75) is 18.1 Å². The van der Waals surface area contributed by atoms with Gasteiger partial charge in [0.25, 0.3) is 6.43 Å². The van der Waals surface area contributed by atoms with Gasteiger partial charge in [-0.15, -0.1) is 5.10 Å². The van der Waals surface area contributed by atoms with Crippen molar-refractivity contribution in [3.63, 3.8) is 0 Å². The third-order valence-corrected chi connectivity index (χ3v) is 4.12. The molecule has 0 spiro atoms. The summed E-state index contributed by atoms with van der Waals surface area (Å²) in [5, 5.41) is 18.2. The number of alkyl halides is 2. The Balaban J connectivity index is 2.02. The number of hydrogen-bond acceptors (Lipinski definition) is 7. The van der Waals surface area contributed by atoms with Crippen molar-refractivity contribution in [1.29, 1.82) is 0 Å². The van der Waals surface area contributed by atoms with E-state index in [-0.39, 0.29) is 23.1 Å². The maximum atomic E-state index is 12.2. The third-order valence-electron chi connectivity index (χ3n) is 3.04. The molecule has 1 atom stereocenters. The van der Waals surface area contributed by atoms with Gasteiger partial charge in [-0.25, -0.2) is 8.78 Å². The molecular formula is C15H15F2N3O5S. The van der Waals surface area contributed by atoms with E-state index in [9.17, 15) is 18.4 Å². The summed E-state index contributed by atoms with van der Waals surface area (Å²) in [6.45, 7) is -0.744. The van der Waals surface area contributed by atoms with Crippen LogP contribution in [0.5, 0.6) is 11.5 Å². The Morgan fingerprint density at radius 3 is 2.88 bits per heavy atom. The molecule has 1 aromatic carbocycles. The molecule has 1 unspecified atom stereocenters. The molecule has 1 saturated heterocycles. The fourth-order valence-corrected chi connectivity index (χ4v) is 2.84. The second-order valence-corrected chi connectivity index (χ2v) is 6.15. The Morgan fingerprint density at radius 2 is 2.23 bits per heavy atom. The van der Waals surface area contributed by atoms with Crippen molar-refractivity contribution in [3.8, 4) is 11.5 Å². The number of halogens is 2. The molecule has 0 saturated carbocycles. The molecule has 2 N–H and O–H groups in total. The summed E-state index contributed by atoms with van der Waals surface area (Å²) in [6.07, 6.45) is -1.54. The van der Waals surface area contributed by atoms with E-state index in [2.05, 4.69) is 15.5 Å². The van der Waals surface area contributed by atoms with E-state index in [1.165, 1.54) is 25.5 Å². The number of amides is 1. The molecule has 0 aromatic heterocycles. The van der Waals surface area contributed by atoms with Crippen molar-refractivity contribution in [2.24, 2.45) is 10.2 Å². The number of methoxy groups -OCH3 is 1. The quantitative estimate of drug-likeness (QED) is 0.519. The van der Waals surface area contributed by atoms with Crippen LogP contribution in [-0.2, 0) is 9.59 Å². The number of hydrogen-bond donors (Lipinski definition) is 2. The highest BCUT2D eigenvalue weighted by Gasteiger charge is 2.32.